The van der Waals surface area contributed by atoms with Crippen LogP contribution in [0.3, 0.4) is 0 Å². The van der Waals surface area contributed by atoms with E-state index in [0.717, 1.165) is 16.8 Å². The number of imidazole rings is 1. The van der Waals surface area contributed by atoms with Gasteiger partial charge < -0.3 is 14.2 Å². The lowest BCUT2D eigenvalue weighted by Gasteiger charge is -2.22. The number of amides is 1. The van der Waals surface area contributed by atoms with Gasteiger partial charge in [-0.25, -0.2) is 9.97 Å². The SMILES string of the molecule is COCCN(Cc1ccsc1)C(=O)c1cnc2c(c1)ncn2Cc1cccnc1. The molecular formula is C21H21N5O2S. The number of aromatic nitrogens is 4. The highest BCUT2D eigenvalue weighted by Crippen LogP contribution is 2.17. The van der Waals surface area contributed by atoms with Crippen LogP contribution >= 0.6 is 11.3 Å². The molecule has 0 bridgehead atoms. The van der Waals surface area contributed by atoms with Crippen LogP contribution in [0.5, 0.6) is 0 Å². The summed E-state index contributed by atoms with van der Waals surface area (Å²) < 4.78 is 7.13. The minimum atomic E-state index is -0.0792. The maximum absolute atomic E-state index is 13.1. The molecule has 4 aromatic heterocycles. The summed E-state index contributed by atoms with van der Waals surface area (Å²) in [6.45, 7) is 2.16. The number of methoxy groups -OCH3 is 1. The molecule has 0 unspecified atom stereocenters. The number of thiophene rings is 1. The maximum Gasteiger partial charge on any atom is 0.255 e. The van der Waals surface area contributed by atoms with Crippen LogP contribution in [0.2, 0.25) is 0 Å². The summed E-state index contributed by atoms with van der Waals surface area (Å²) in [5.41, 5.74) is 4.13. The first-order chi connectivity index (χ1) is 14.2. The second-order valence-electron chi connectivity index (χ2n) is 6.65. The van der Waals surface area contributed by atoms with Crippen molar-refractivity contribution in [3.05, 3.63) is 76.6 Å². The third-order valence-electron chi connectivity index (χ3n) is 4.58. The molecule has 0 saturated carbocycles. The van der Waals surface area contributed by atoms with Gasteiger partial charge in [-0.05, 0) is 40.1 Å². The summed E-state index contributed by atoms with van der Waals surface area (Å²) in [7, 11) is 1.63. The van der Waals surface area contributed by atoms with Crippen molar-refractivity contribution in [1.29, 1.82) is 0 Å². The third kappa shape index (κ3) is 4.49. The first kappa shape index (κ1) is 19.2. The zero-order valence-corrected chi connectivity index (χ0v) is 16.9. The molecule has 0 atom stereocenters. The molecule has 4 rings (SSSR count). The molecule has 1 amide bonds. The van der Waals surface area contributed by atoms with E-state index in [9.17, 15) is 4.79 Å². The molecule has 0 aromatic carbocycles. The van der Waals surface area contributed by atoms with Crippen LogP contribution in [0.25, 0.3) is 11.2 Å². The van der Waals surface area contributed by atoms with Crippen molar-refractivity contribution >= 4 is 28.4 Å². The van der Waals surface area contributed by atoms with Gasteiger partial charge in [0.1, 0.15) is 5.52 Å². The van der Waals surface area contributed by atoms with E-state index >= 15 is 0 Å². The number of hydrogen-bond acceptors (Lipinski definition) is 6. The summed E-state index contributed by atoms with van der Waals surface area (Å²) in [6, 6.07) is 7.74. The first-order valence-corrected chi connectivity index (χ1v) is 10.2. The Labute approximate surface area is 172 Å². The number of ether oxygens (including phenoxy) is 1. The van der Waals surface area contributed by atoms with Crippen molar-refractivity contribution in [2.24, 2.45) is 0 Å². The molecule has 148 valence electrons. The number of nitrogens with zero attached hydrogens (tertiary/aromatic N) is 5. The Hall–Kier alpha value is -3.10. The van der Waals surface area contributed by atoms with Gasteiger partial charge in [0.2, 0.25) is 0 Å². The number of hydrogen-bond donors (Lipinski definition) is 0. The molecule has 0 aliphatic heterocycles. The Morgan fingerprint density at radius 3 is 2.93 bits per heavy atom. The summed E-state index contributed by atoms with van der Waals surface area (Å²) in [5.74, 6) is -0.0792. The number of carbonyl (C=O) groups excluding carboxylic acids is 1. The quantitative estimate of drug-likeness (QED) is 0.448. The lowest BCUT2D eigenvalue weighted by molar-refractivity contribution is 0.0680. The summed E-state index contributed by atoms with van der Waals surface area (Å²) >= 11 is 1.62. The normalized spacial score (nSPS) is 11.1. The highest BCUT2D eigenvalue weighted by molar-refractivity contribution is 7.07. The van der Waals surface area contributed by atoms with E-state index in [4.69, 9.17) is 4.74 Å². The third-order valence-corrected chi connectivity index (χ3v) is 5.32. The van der Waals surface area contributed by atoms with Crippen molar-refractivity contribution in [1.82, 2.24) is 24.4 Å². The van der Waals surface area contributed by atoms with Crippen molar-refractivity contribution in [3.8, 4) is 0 Å². The van der Waals surface area contributed by atoms with Crippen LogP contribution in [-0.2, 0) is 17.8 Å². The monoisotopic (exact) mass is 407 g/mol. The minimum Gasteiger partial charge on any atom is -0.383 e. The van der Waals surface area contributed by atoms with Crippen molar-refractivity contribution in [2.45, 2.75) is 13.1 Å². The number of fused-ring (bicyclic) bond motifs is 1. The molecule has 4 heterocycles. The smallest absolute Gasteiger partial charge is 0.255 e. The highest BCUT2D eigenvalue weighted by Gasteiger charge is 2.18. The lowest BCUT2D eigenvalue weighted by Crippen LogP contribution is -2.33. The van der Waals surface area contributed by atoms with E-state index in [1.165, 1.54) is 0 Å². The summed E-state index contributed by atoms with van der Waals surface area (Å²) in [5, 5.41) is 4.06. The largest absolute Gasteiger partial charge is 0.383 e. The molecule has 0 N–H and O–H groups in total. The second kappa shape index (κ2) is 8.93. The number of rotatable bonds is 8. The standard InChI is InChI=1S/C21H21N5O2S/c1-28-7-6-25(13-17-4-8-29-14-17)21(27)18-9-19-20(23-11-18)26(15-24-19)12-16-3-2-5-22-10-16/h2-5,8-11,14-15H,6-7,12-13H2,1H3. The van der Waals surface area contributed by atoms with Gasteiger partial charge in [-0.3, -0.25) is 9.78 Å². The van der Waals surface area contributed by atoms with Gasteiger partial charge in [-0.1, -0.05) is 6.07 Å². The minimum absolute atomic E-state index is 0.0792. The fourth-order valence-electron chi connectivity index (χ4n) is 3.11. The zero-order valence-electron chi connectivity index (χ0n) is 16.1. The van der Waals surface area contributed by atoms with E-state index in [0.29, 0.717) is 37.3 Å². The molecule has 0 spiro atoms. The average Bonchev–Trinajstić information content (AvgIpc) is 3.41. The van der Waals surface area contributed by atoms with E-state index < -0.39 is 0 Å². The van der Waals surface area contributed by atoms with Crippen LogP contribution < -0.4 is 0 Å². The van der Waals surface area contributed by atoms with Crippen LogP contribution in [-0.4, -0.2) is 50.6 Å². The van der Waals surface area contributed by atoms with Crippen LogP contribution in [0.4, 0.5) is 0 Å². The summed E-state index contributed by atoms with van der Waals surface area (Å²) in [6.07, 6.45) is 6.94. The Kier molecular flexibility index (Phi) is 5.92. The molecular weight excluding hydrogens is 386 g/mol. The molecule has 0 aliphatic carbocycles. The molecule has 8 heteroatoms. The Balaban J connectivity index is 1.56. The first-order valence-electron chi connectivity index (χ1n) is 9.23. The fraction of sp³-hybridized carbons (Fsp3) is 0.238. The average molecular weight is 407 g/mol. The van der Waals surface area contributed by atoms with Gasteiger partial charge in [0.25, 0.3) is 5.91 Å². The predicted molar refractivity (Wildman–Crippen MR) is 112 cm³/mol. The Bertz CT molecular complexity index is 1080. The molecule has 7 nitrogen and oxygen atoms in total. The molecule has 29 heavy (non-hydrogen) atoms. The van der Waals surface area contributed by atoms with Crippen molar-refractivity contribution in [3.63, 3.8) is 0 Å². The molecule has 0 aliphatic rings. The topological polar surface area (TPSA) is 73.1 Å². The van der Waals surface area contributed by atoms with Crippen molar-refractivity contribution < 1.29 is 9.53 Å². The van der Waals surface area contributed by atoms with E-state index in [2.05, 4.69) is 20.3 Å². The van der Waals surface area contributed by atoms with E-state index in [1.807, 2.05) is 34.3 Å². The van der Waals surface area contributed by atoms with Gasteiger partial charge in [-0.15, -0.1) is 0 Å². The Morgan fingerprint density at radius 2 is 2.17 bits per heavy atom. The Morgan fingerprint density at radius 1 is 1.24 bits per heavy atom. The van der Waals surface area contributed by atoms with Crippen LogP contribution in [0, 0.1) is 0 Å². The van der Waals surface area contributed by atoms with Crippen LogP contribution in [0.1, 0.15) is 21.5 Å². The maximum atomic E-state index is 13.1. The number of pyridine rings is 2. The van der Waals surface area contributed by atoms with Gasteiger partial charge in [0.15, 0.2) is 5.65 Å². The van der Waals surface area contributed by atoms with Crippen molar-refractivity contribution in [2.75, 3.05) is 20.3 Å². The summed E-state index contributed by atoms with van der Waals surface area (Å²) in [4.78, 5) is 28.0. The van der Waals surface area contributed by atoms with Gasteiger partial charge in [0, 0.05) is 38.8 Å². The van der Waals surface area contributed by atoms with Gasteiger partial charge in [-0.2, -0.15) is 11.3 Å². The predicted octanol–water partition coefficient (Wildman–Crippen LogP) is 3.22. The second-order valence-corrected chi connectivity index (χ2v) is 7.43. The van der Waals surface area contributed by atoms with Crippen LogP contribution in [0.15, 0.2) is 59.9 Å². The fourth-order valence-corrected chi connectivity index (χ4v) is 3.77. The van der Waals surface area contributed by atoms with Gasteiger partial charge >= 0.3 is 0 Å². The lowest BCUT2D eigenvalue weighted by atomic mass is 10.2. The molecule has 4 aromatic rings. The van der Waals surface area contributed by atoms with E-state index in [-0.39, 0.29) is 5.91 Å². The molecule has 0 saturated heterocycles. The van der Waals surface area contributed by atoms with Gasteiger partial charge in [0.05, 0.1) is 25.0 Å². The van der Waals surface area contributed by atoms with E-state index in [1.54, 1.807) is 48.1 Å². The molecule has 0 fully saturated rings. The highest BCUT2D eigenvalue weighted by atomic mass is 32.1. The number of carbonyl (C=O) groups is 1. The molecule has 0 radical (unpaired) electrons. The zero-order chi connectivity index (χ0) is 20.1.